The maximum absolute atomic E-state index is 12.3. The summed E-state index contributed by atoms with van der Waals surface area (Å²) >= 11 is 8.71. The number of nitrogens with zero attached hydrogens (tertiary/aromatic N) is 3. The van der Waals surface area contributed by atoms with Crippen LogP contribution in [0.4, 0.5) is 5.69 Å². The van der Waals surface area contributed by atoms with E-state index in [1.165, 1.54) is 49.3 Å². The van der Waals surface area contributed by atoms with Gasteiger partial charge in [-0.3, -0.25) is 9.89 Å². The second-order valence-electron chi connectivity index (χ2n) is 5.71. The number of hydrogen-bond acceptors (Lipinski definition) is 7. The van der Waals surface area contributed by atoms with Crippen molar-refractivity contribution in [1.29, 1.82) is 0 Å². The number of rotatable bonds is 7. The fourth-order valence-electron chi connectivity index (χ4n) is 2.14. The average molecular weight is 458 g/mol. The Hall–Kier alpha value is -1.92. The number of sulfonamides is 1. The number of nitrogens with one attached hydrogen (secondary N) is 2. The predicted molar refractivity (Wildman–Crippen MR) is 111 cm³/mol. The molecule has 1 amide bonds. The van der Waals surface area contributed by atoms with Crippen molar-refractivity contribution < 1.29 is 13.2 Å². The molecule has 0 aliphatic heterocycles. The number of thiophene rings is 1. The smallest absolute Gasteiger partial charge is 0.244 e. The van der Waals surface area contributed by atoms with E-state index >= 15 is 0 Å². The van der Waals surface area contributed by atoms with Crippen molar-refractivity contribution in [3.8, 4) is 10.7 Å². The molecule has 0 saturated carbocycles. The number of aromatic nitrogens is 3. The summed E-state index contributed by atoms with van der Waals surface area (Å²) in [6.07, 6.45) is 0. The number of H-pyrrole nitrogens is 1. The molecule has 12 heteroatoms. The number of anilines is 1. The van der Waals surface area contributed by atoms with E-state index < -0.39 is 10.0 Å². The van der Waals surface area contributed by atoms with Gasteiger partial charge < -0.3 is 5.32 Å². The molecule has 148 valence electrons. The van der Waals surface area contributed by atoms with Crippen LogP contribution < -0.4 is 5.32 Å². The van der Waals surface area contributed by atoms with Gasteiger partial charge in [-0.1, -0.05) is 29.4 Å². The average Bonchev–Trinajstić information content (AvgIpc) is 3.32. The maximum atomic E-state index is 12.3. The molecule has 3 rings (SSSR count). The maximum Gasteiger partial charge on any atom is 0.244 e. The third kappa shape index (κ3) is 4.73. The number of halogens is 1. The molecule has 0 aliphatic rings. The molecule has 2 aromatic heterocycles. The molecule has 2 heterocycles. The van der Waals surface area contributed by atoms with E-state index in [2.05, 4.69) is 20.5 Å². The van der Waals surface area contributed by atoms with Crippen LogP contribution in [0.5, 0.6) is 0 Å². The summed E-state index contributed by atoms with van der Waals surface area (Å²) in [4.78, 5) is 17.4. The first-order valence-electron chi connectivity index (χ1n) is 7.88. The molecule has 0 spiro atoms. The Kier molecular flexibility index (Phi) is 6.40. The SMILES string of the molecule is CN(C)S(=O)(=O)c1cc(NC(=O)CSc2n[nH]c(-c3cccs3)n2)ccc1Cl. The Morgan fingerprint density at radius 2 is 2.14 bits per heavy atom. The first-order chi connectivity index (χ1) is 13.3. The molecule has 0 aliphatic carbocycles. The third-order valence-electron chi connectivity index (χ3n) is 3.53. The topological polar surface area (TPSA) is 108 Å². The highest BCUT2D eigenvalue weighted by Crippen LogP contribution is 2.27. The summed E-state index contributed by atoms with van der Waals surface area (Å²) in [5, 5.41) is 12.0. The Labute approximate surface area is 175 Å². The Morgan fingerprint density at radius 1 is 1.36 bits per heavy atom. The summed E-state index contributed by atoms with van der Waals surface area (Å²) in [6, 6.07) is 8.15. The second-order valence-corrected chi connectivity index (χ2v) is 10.1. The van der Waals surface area contributed by atoms with Crippen LogP contribution in [0.3, 0.4) is 0 Å². The molecule has 0 bridgehead atoms. The minimum absolute atomic E-state index is 0.0696. The van der Waals surface area contributed by atoms with Crippen LogP contribution in [0.2, 0.25) is 5.02 Å². The van der Waals surface area contributed by atoms with Crippen molar-refractivity contribution in [3.05, 3.63) is 40.7 Å². The van der Waals surface area contributed by atoms with Crippen LogP contribution in [0.25, 0.3) is 10.7 Å². The van der Waals surface area contributed by atoms with E-state index in [-0.39, 0.29) is 21.6 Å². The van der Waals surface area contributed by atoms with Crippen LogP contribution in [-0.2, 0) is 14.8 Å². The fraction of sp³-hybridized carbons (Fsp3) is 0.188. The van der Waals surface area contributed by atoms with Crippen LogP contribution >= 0.6 is 34.7 Å². The second kappa shape index (κ2) is 8.62. The summed E-state index contributed by atoms with van der Waals surface area (Å²) in [5.41, 5.74) is 0.338. The number of carbonyl (C=O) groups excluding carboxylic acids is 1. The largest absolute Gasteiger partial charge is 0.325 e. The first kappa shape index (κ1) is 20.8. The van der Waals surface area contributed by atoms with Gasteiger partial charge in [0.05, 0.1) is 15.7 Å². The molecule has 2 N–H and O–H groups in total. The van der Waals surface area contributed by atoms with Crippen molar-refractivity contribution in [2.45, 2.75) is 10.1 Å². The summed E-state index contributed by atoms with van der Waals surface area (Å²) in [6.45, 7) is 0. The summed E-state index contributed by atoms with van der Waals surface area (Å²) < 4.78 is 25.7. The minimum Gasteiger partial charge on any atom is -0.325 e. The zero-order chi connectivity index (χ0) is 20.3. The molecular weight excluding hydrogens is 442 g/mol. The zero-order valence-corrected chi connectivity index (χ0v) is 18.0. The van der Waals surface area contributed by atoms with Gasteiger partial charge in [-0.05, 0) is 29.6 Å². The Balaban J connectivity index is 1.64. The monoisotopic (exact) mass is 457 g/mol. The van der Waals surface area contributed by atoms with Crippen LogP contribution in [0.1, 0.15) is 0 Å². The van der Waals surface area contributed by atoms with Gasteiger partial charge in [-0.15, -0.1) is 16.4 Å². The van der Waals surface area contributed by atoms with Crippen molar-refractivity contribution in [2.75, 3.05) is 25.2 Å². The van der Waals surface area contributed by atoms with E-state index in [1.807, 2.05) is 17.5 Å². The lowest BCUT2D eigenvalue weighted by Crippen LogP contribution is -2.23. The van der Waals surface area contributed by atoms with Gasteiger partial charge in [0.2, 0.25) is 21.1 Å². The van der Waals surface area contributed by atoms with E-state index in [4.69, 9.17) is 11.6 Å². The van der Waals surface area contributed by atoms with Gasteiger partial charge in [0, 0.05) is 19.8 Å². The van der Waals surface area contributed by atoms with Gasteiger partial charge in [0.1, 0.15) is 4.90 Å². The lowest BCUT2D eigenvalue weighted by atomic mass is 10.3. The quantitative estimate of drug-likeness (QED) is 0.527. The summed E-state index contributed by atoms with van der Waals surface area (Å²) in [5.74, 6) is 0.400. The van der Waals surface area contributed by atoms with Crippen LogP contribution in [0.15, 0.2) is 45.8 Å². The molecule has 0 fully saturated rings. The molecular formula is C16H16ClN5O3S3. The van der Waals surface area contributed by atoms with Gasteiger partial charge in [-0.25, -0.2) is 17.7 Å². The number of carbonyl (C=O) groups is 1. The number of thioether (sulfide) groups is 1. The van der Waals surface area contributed by atoms with Gasteiger partial charge in [0.15, 0.2) is 5.82 Å². The lowest BCUT2D eigenvalue weighted by Gasteiger charge is -2.14. The third-order valence-corrected chi connectivity index (χ3v) is 7.55. The van der Waals surface area contributed by atoms with Crippen LogP contribution in [0, 0.1) is 0 Å². The van der Waals surface area contributed by atoms with Crippen molar-refractivity contribution in [3.63, 3.8) is 0 Å². The molecule has 1 aromatic carbocycles. The van der Waals surface area contributed by atoms with E-state index in [0.29, 0.717) is 16.7 Å². The van der Waals surface area contributed by atoms with Gasteiger partial charge >= 0.3 is 0 Å². The van der Waals surface area contributed by atoms with E-state index in [0.717, 1.165) is 9.18 Å². The lowest BCUT2D eigenvalue weighted by molar-refractivity contribution is -0.113. The van der Waals surface area contributed by atoms with Gasteiger partial charge in [0.25, 0.3) is 0 Å². The molecule has 8 nitrogen and oxygen atoms in total. The number of benzene rings is 1. The molecule has 0 unspecified atom stereocenters. The van der Waals surface area contributed by atoms with Crippen LogP contribution in [-0.4, -0.2) is 53.7 Å². The summed E-state index contributed by atoms with van der Waals surface area (Å²) in [7, 11) is -0.895. The number of amides is 1. The Bertz CT molecular complexity index is 1080. The highest BCUT2D eigenvalue weighted by Gasteiger charge is 2.21. The normalized spacial score (nSPS) is 11.7. The predicted octanol–water partition coefficient (Wildman–Crippen LogP) is 3.17. The van der Waals surface area contributed by atoms with Crippen molar-refractivity contribution >= 4 is 56.3 Å². The van der Waals surface area contributed by atoms with E-state index in [1.54, 1.807) is 6.07 Å². The standard InChI is InChI=1S/C16H16ClN5O3S3/c1-22(2)28(24,25)13-8-10(5-6-11(13)17)18-14(23)9-27-16-19-15(20-21-16)12-4-3-7-26-12/h3-8H,9H2,1-2H3,(H,18,23)(H,19,20,21). The van der Waals surface area contributed by atoms with Crippen molar-refractivity contribution in [1.82, 2.24) is 19.5 Å². The molecule has 28 heavy (non-hydrogen) atoms. The molecule has 0 saturated heterocycles. The van der Waals surface area contributed by atoms with Gasteiger partial charge in [-0.2, -0.15) is 0 Å². The highest BCUT2D eigenvalue weighted by molar-refractivity contribution is 7.99. The number of hydrogen-bond donors (Lipinski definition) is 2. The molecule has 0 atom stereocenters. The first-order valence-corrected chi connectivity index (χ1v) is 11.6. The fourth-order valence-corrected chi connectivity index (χ4v) is 4.79. The minimum atomic E-state index is -3.72. The molecule has 0 radical (unpaired) electrons. The van der Waals surface area contributed by atoms with E-state index in [9.17, 15) is 13.2 Å². The molecule has 3 aromatic rings. The highest BCUT2D eigenvalue weighted by atomic mass is 35.5. The van der Waals surface area contributed by atoms with Crippen molar-refractivity contribution in [2.24, 2.45) is 0 Å². The number of aromatic amines is 1. The Morgan fingerprint density at radius 3 is 2.82 bits per heavy atom. The zero-order valence-electron chi connectivity index (χ0n) is 14.8.